The molecular formula is C10H12N2O2. The zero-order chi connectivity index (χ0) is 10.3. The zero-order valence-electron chi connectivity index (χ0n) is 8.15. The molecule has 0 spiro atoms. The first-order valence-corrected chi connectivity index (χ1v) is 4.44. The van der Waals surface area contributed by atoms with Gasteiger partial charge in [-0.25, -0.2) is 4.79 Å². The number of fused-ring (bicyclic) bond motifs is 1. The van der Waals surface area contributed by atoms with Crippen molar-refractivity contribution in [2.75, 3.05) is 0 Å². The second kappa shape index (κ2) is 2.99. The highest BCUT2D eigenvalue weighted by molar-refractivity contribution is 5.73. The highest BCUT2D eigenvalue weighted by Crippen LogP contribution is 2.17. The number of nitrogens with two attached hydrogens (primary N) is 1. The van der Waals surface area contributed by atoms with Crippen LogP contribution in [0.1, 0.15) is 18.5 Å². The molecule has 14 heavy (non-hydrogen) atoms. The quantitative estimate of drug-likeness (QED) is 0.737. The van der Waals surface area contributed by atoms with E-state index in [9.17, 15) is 4.79 Å². The van der Waals surface area contributed by atoms with Gasteiger partial charge in [-0.15, -0.1) is 0 Å². The Labute approximate surface area is 80.9 Å². The first-order chi connectivity index (χ1) is 6.59. The Hall–Kier alpha value is -1.55. The van der Waals surface area contributed by atoms with Crippen LogP contribution in [0.2, 0.25) is 0 Å². The summed E-state index contributed by atoms with van der Waals surface area (Å²) in [4.78, 5) is 11.2. The summed E-state index contributed by atoms with van der Waals surface area (Å²) >= 11 is 0. The Morgan fingerprint density at radius 2 is 2.21 bits per heavy atom. The summed E-state index contributed by atoms with van der Waals surface area (Å²) in [6.07, 6.45) is 0. The van der Waals surface area contributed by atoms with Gasteiger partial charge >= 0.3 is 5.76 Å². The molecule has 0 saturated heterocycles. The highest BCUT2D eigenvalue weighted by atomic mass is 16.4. The van der Waals surface area contributed by atoms with E-state index in [-0.39, 0.29) is 11.8 Å². The number of aromatic nitrogens is 1. The number of nitrogens with zero attached hydrogens (tertiary/aromatic N) is 1. The van der Waals surface area contributed by atoms with E-state index >= 15 is 0 Å². The Balaban J connectivity index is 2.73. The van der Waals surface area contributed by atoms with Crippen molar-refractivity contribution in [3.05, 3.63) is 34.3 Å². The lowest BCUT2D eigenvalue weighted by Crippen LogP contribution is -2.08. The van der Waals surface area contributed by atoms with E-state index in [0.29, 0.717) is 5.58 Å². The summed E-state index contributed by atoms with van der Waals surface area (Å²) in [6.45, 7) is 1.89. The fourth-order valence-corrected chi connectivity index (χ4v) is 1.43. The van der Waals surface area contributed by atoms with Gasteiger partial charge in [-0.05, 0) is 24.6 Å². The number of aryl methyl sites for hydroxylation is 1. The van der Waals surface area contributed by atoms with Crippen molar-refractivity contribution in [3.8, 4) is 0 Å². The molecule has 0 fully saturated rings. The maximum atomic E-state index is 11.2. The second-order valence-corrected chi connectivity index (χ2v) is 3.44. The minimum atomic E-state index is -0.346. The molecule has 0 radical (unpaired) electrons. The third-order valence-electron chi connectivity index (χ3n) is 2.34. The van der Waals surface area contributed by atoms with E-state index in [4.69, 9.17) is 10.2 Å². The van der Waals surface area contributed by atoms with Crippen LogP contribution in [0.3, 0.4) is 0 Å². The van der Waals surface area contributed by atoms with E-state index in [0.717, 1.165) is 11.1 Å². The van der Waals surface area contributed by atoms with Crippen molar-refractivity contribution in [2.24, 2.45) is 12.8 Å². The predicted octanol–water partition coefficient (Wildman–Crippen LogP) is 1.15. The smallest absolute Gasteiger partial charge is 0.408 e. The Bertz CT molecular complexity index is 522. The van der Waals surface area contributed by atoms with Crippen molar-refractivity contribution in [1.29, 1.82) is 0 Å². The lowest BCUT2D eigenvalue weighted by atomic mass is 10.1. The van der Waals surface area contributed by atoms with Crippen LogP contribution < -0.4 is 11.5 Å². The molecule has 2 rings (SSSR count). The fourth-order valence-electron chi connectivity index (χ4n) is 1.43. The van der Waals surface area contributed by atoms with Gasteiger partial charge in [-0.3, -0.25) is 4.57 Å². The van der Waals surface area contributed by atoms with Gasteiger partial charge in [0.05, 0.1) is 5.52 Å². The van der Waals surface area contributed by atoms with Gasteiger partial charge < -0.3 is 10.2 Å². The van der Waals surface area contributed by atoms with Crippen molar-refractivity contribution in [3.63, 3.8) is 0 Å². The summed E-state index contributed by atoms with van der Waals surface area (Å²) in [5, 5.41) is 0. The van der Waals surface area contributed by atoms with Crippen LogP contribution in [0, 0.1) is 0 Å². The first kappa shape index (κ1) is 9.02. The van der Waals surface area contributed by atoms with Crippen molar-refractivity contribution in [2.45, 2.75) is 13.0 Å². The summed E-state index contributed by atoms with van der Waals surface area (Å²) in [5.74, 6) is -0.346. The van der Waals surface area contributed by atoms with Gasteiger partial charge in [-0.2, -0.15) is 0 Å². The van der Waals surface area contributed by atoms with E-state index in [2.05, 4.69) is 0 Å². The molecule has 0 aliphatic heterocycles. The van der Waals surface area contributed by atoms with Crippen molar-refractivity contribution in [1.82, 2.24) is 4.57 Å². The molecule has 2 aromatic rings. The highest BCUT2D eigenvalue weighted by Gasteiger charge is 2.07. The lowest BCUT2D eigenvalue weighted by molar-refractivity contribution is 0.527. The second-order valence-electron chi connectivity index (χ2n) is 3.44. The molecule has 74 valence electrons. The maximum Gasteiger partial charge on any atom is 0.419 e. The van der Waals surface area contributed by atoms with Crippen molar-refractivity contribution < 1.29 is 4.42 Å². The van der Waals surface area contributed by atoms with Crippen LogP contribution in [0.4, 0.5) is 0 Å². The summed E-state index contributed by atoms with van der Waals surface area (Å²) in [6, 6.07) is 5.51. The molecule has 1 atom stereocenters. The number of hydrogen-bond acceptors (Lipinski definition) is 3. The number of rotatable bonds is 1. The minimum Gasteiger partial charge on any atom is -0.408 e. The number of hydrogen-bond donors (Lipinski definition) is 1. The molecule has 1 aromatic heterocycles. The Morgan fingerprint density at radius 1 is 1.50 bits per heavy atom. The average molecular weight is 192 g/mol. The number of oxazole rings is 1. The van der Waals surface area contributed by atoms with E-state index < -0.39 is 0 Å². The van der Waals surface area contributed by atoms with Gasteiger partial charge in [0.1, 0.15) is 0 Å². The zero-order valence-corrected chi connectivity index (χ0v) is 8.15. The first-order valence-electron chi connectivity index (χ1n) is 4.44. The van der Waals surface area contributed by atoms with Crippen LogP contribution in [0.5, 0.6) is 0 Å². The molecule has 0 bridgehead atoms. The molecule has 0 unspecified atom stereocenters. The Morgan fingerprint density at radius 3 is 2.86 bits per heavy atom. The largest absolute Gasteiger partial charge is 0.419 e. The molecule has 0 aliphatic carbocycles. The third kappa shape index (κ3) is 1.24. The summed E-state index contributed by atoms with van der Waals surface area (Å²) < 4.78 is 6.51. The molecular weight excluding hydrogens is 180 g/mol. The number of benzene rings is 1. The molecule has 4 nitrogen and oxygen atoms in total. The standard InChI is InChI=1S/C10H12N2O2/c1-6(11)7-3-4-8-9(5-7)14-10(13)12(8)2/h3-6H,11H2,1-2H3/t6-/m0/s1. The van der Waals surface area contributed by atoms with Crippen LogP contribution in [0.25, 0.3) is 11.1 Å². The molecule has 1 heterocycles. The summed E-state index contributed by atoms with van der Waals surface area (Å²) in [5.41, 5.74) is 8.07. The third-order valence-corrected chi connectivity index (χ3v) is 2.34. The van der Waals surface area contributed by atoms with E-state index in [1.165, 1.54) is 4.57 Å². The molecule has 0 aliphatic rings. The van der Waals surface area contributed by atoms with Gasteiger partial charge in [0, 0.05) is 13.1 Å². The average Bonchev–Trinajstić information content (AvgIpc) is 2.42. The molecule has 0 saturated carbocycles. The normalized spacial score (nSPS) is 13.4. The Kier molecular flexibility index (Phi) is 1.93. The van der Waals surface area contributed by atoms with Crippen LogP contribution in [0.15, 0.2) is 27.4 Å². The molecule has 1 aromatic carbocycles. The van der Waals surface area contributed by atoms with E-state index in [1.807, 2.05) is 19.1 Å². The van der Waals surface area contributed by atoms with Crippen molar-refractivity contribution >= 4 is 11.1 Å². The topological polar surface area (TPSA) is 61.2 Å². The SMILES string of the molecule is C[C@H](N)c1ccc2c(c1)oc(=O)n2C. The van der Waals surface area contributed by atoms with Gasteiger partial charge in [0.2, 0.25) is 0 Å². The molecule has 2 N–H and O–H groups in total. The van der Waals surface area contributed by atoms with Crippen LogP contribution in [-0.4, -0.2) is 4.57 Å². The maximum absolute atomic E-state index is 11.2. The molecule has 0 amide bonds. The van der Waals surface area contributed by atoms with E-state index in [1.54, 1.807) is 13.1 Å². The predicted molar refractivity (Wildman–Crippen MR) is 54.1 cm³/mol. The van der Waals surface area contributed by atoms with Gasteiger partial charge in [0.25, 0.3) is 0 Å². The van der Waals surface area contributed by atoms with Gasteiger partial charge in [-0.1, -0.05) is 6.07 Å². The van der Waals surface area contributed by atoms with Crippen LogP contribution in [-0.2, 0) is 7.05 Å². The van der Waals surface area contributed by atoms with Gasteiger partial charge in [0.15, 0.2) is 5.58 Å². The summed E-state index contributed by atoms with van der Waals surface area (Å²) in [7, 11) is 1.68. The lowest BCUT2D eigenvalue weighted by Gasteiger charge is -2.03. The minimum absolute atomic E-state index is 0.0510. The van der Waals surface area contributed by atoms with Crippen LogP contribution >= 0.6 is 0 Å². The molecule has 4 heteroatoms. The monoisotopic (exact) mass is 192 g/mol. The fraction of sp³-hybridized carbons (Fsp3) is 0.300.